The molecular formula is C8H18N8O4S2. The van der Waals surface area contributed by atoms with Crippen molar-refractivity contribution in [2.45, 2.75) is 23.3 Å². The fraction of sp³-hybridized carbons (Fsp3) is 0.500. The van der Waals surface area contributed by atoms with E-state index >= 15 is 0 Å². The third-order valence-corrected chi connectivity index (χ3v) is 5.29. The van der Waals surface area contributed by atoms with Crippen LogP contribution in [0.25, 0.3) is 0 Å². The van der Waals surface area contributed by atoms with E-state index in [0.29, 0.717) is 0 Å². The van der Waals surface area contributed by atoms with Gasteiger partial charge in [-0.05, 0) is 0 Å². The van der Waals surface area contributed by atoms with E-state index in [1.54, 1.807) is 0 Å². The summed E-state index contributed by atoms with van der Waals surface area (Å²) in [5.41, 5.74) is 7.54. The van der Waals surface area contributed by atoms with Crippen LogP contribution in [0.15, 0.2) is 0 Å². The maximum absolute atomic E-state index is 11.6. The standard InChI is InChI=1S/C8H18N8O4S2/c9-13-5(17)1-3(7(19)15-11)21-22-4(8(20)16-12)2-6(18)14-10/h3-4H,1-2,9-12H2,(H,13,17)(H,14,18)(H,15,19)(H,16,20). The first-order chi connectivity index (χ1) is 10.4. The number of nitrogens with one attached hydrogen (secondary N) is 4. The molecule has 0 bridgehead atoms. The van der Waals surface area contributed by atoms with E-state index in [1.165, 1.54) is 0 Å². The monoisotopic (exact) mass is 354 g/mol. The summed E-state index contributed by atoms with van der Waals surface area (Å²) in [6.07, 6.45) is -0.533. The molecule has 0 heterocycles. The molecule has 0 aromatic carbocycles. The molecule has 2 unspecified atom stereocenters. The second-order valence-corrected chi connectivity index (χ2v) is 6.41. The predicted octanol–water partition coefficient (Wildman–Crippen LogP) is -4.16. The van der Waals surface area contributed by atoms with Crippen LogP contribution in [0, 0.1) is 0 Å². The minimum Gasteiger partial charge on any atom is -0.294 e. The summed E-state index contributed by atoms with van der Waals surface area (Å²) in [4.78, 5) is 45.6. The molecule has 2 atom stereocenters. The highest BCUT2D eigenvalue weighted by Gasteiger charge is 2.27. The molecule has 12 N–H and O–H groups in total. The first-order valence-electron chi connectivity index (χ1n) is 5.71. The van der Waals surface area contributed by atoms with Gasteiger partial charge < -0.3 is 0 Å². The summed E-state index contributed by atoms with van der Waals surface area (Å²) in [5, 5.41) is -1.85. The molecule has 0 spiro atoms. The smallest absolute Gasteiger partial charge is 0.248 e. The van der Waals surface area contributed by atoms with Crippen LogP contribution < -0.4 is 45.1 Å². The number of nitrogens with two attached hydrogens (primary N) is 4. The van der Waals surface area contributed by atoms with Crippen LogP contribution in [0.4, 0.5) is 0 Å². The largest absolute Gasteiger partial charge is 0.294 e. The zero-order valence-corrected chi connectivity index (χ0v) is 13.0. The molecule has 0 radical (unpaired) electrons. The normalized spacial score (nSPS) is 12.7. The molecule has 0 aromatic heterocycles. The summed E-state index contributed by atoms with van der Waals surface area (Å²) < 4.78 is 0. The highest BCUT2D eigenvalue weighted by Crippen LogP contribution is 2.34. The Bertz CT molecular complexity index is 385. The molecule has 126 valence electrons. The minimum atomic E-state index is -0.924. The zero-order valence-electron chi connectivity index (χ0n) is 11.3. The van der Waals surface area contributed by atoms with Crippen molar-refractivity contribution in [3.63, 3.8) is 0 Å². The molecule has 0 rings (SSSR count). The molecule has 0 aliphatic carbocycles. The second kappa shape index (κ2) is 11.0. The van der Waals surface area contributed by atoms with Crippen molar-refractivity contribution in [1.82, 2.24) is 21.7 Å². The number of carbonyl (C=O) groups excluding carboxylic acids is 4. The van der Waals surface area contributed by atoms with Crippen molar-refractivity contribution in [3.8, 4) is 0 Å². The molecule has 0 aliphatic heterocycles. The Kier molecular flexibility index (Phi) is 10.3. The van der Waals surface area contributed by atoms with Gasteiger partial charge in [-0.3, -0.25) is 40.9 Å². The Morgan fingerprint density at radius 2 is 1.00 bits per heavy atom. The van der Waals surface area contributed by atoms with E-state index in [9.17, 15) is 19.2 Å². The van der Waals surface area contributed by atoms with Gasteiger partial charge in [0.15, 0.2) is 0 Å². The number of hydrogen-bond acceptors (Lipinski definition) is 10. The SMILES string of the molecule is NNC(=O)CC(SSC(CC(=O)NN)C(=O)NN)C(=O)NN. The van der Waals surface area contributed by atoms with E-state index in [-0.39, 0.29) is 12.8 Å². The predicted molar refractivity (Wildman–Crippen MR) is 81.3 cm³/mol. The lowest BCUT2D eigenvalue weighted by Gasteiger charge is -2.17. The summed E-state index contributed by atoms with van der Waals surface area (Å²) in [7, 11) is 1.75. The third-order valence-electron chi connectivity index (χ3n) is 2.22. The average molecular weight is 354 g/mol. The average Bonchev–Trinajstić information content (AvgIpc) is 2.54. The van der Waals surface area contributed by atoms with Crippen molar-refractivity contribution < 1.29 is 19.2 Å². The quantitative estimate of drug-likeness (QED) is 0.0863. The third kappa shape index (κ3) is 7.43. The molecule has 0 aliphatic rings. The first-order valence-corrected chi connectivity index (χ1v) is 7.99. The lowest BCUT2D eigenvalue weighted by atomic mass is 10.3. The maximum Gasteiger partial charge on any atom is 0.248 e. The van der Waals surface area contributed by atoms with E-state index < -0.39 is 34.1 Å². The lowest BCUT2D eigenvalue weighted by Crippen LogP contribution is -2.42. The van der Waals surface area contributed by atoms with Gasteiger partial charge in [0.1, 0.15) is 10.5 Å². The number of amides is 4. The number of carbonyl (C=O) groups is 4. The Labute approximate surface area is 133 Å². The van der Waals surface area contributed by atoms with Gasteiger partial charge in [0.25, 0.3) is 0 Å². The van der Waals surface area contributed by atoms with Crippen LogP contribution in [0.1, 0.15) is 12.8 Å². The molecule has 4 amide bonds. The van der Waals surface area contributed by atoms with Gasteiger partial charge in [-0.15, -0.1) is 0 Å². The van der Waals surface area contributed by atoms with Gasteiger partial charge in [0.05, 0.1) is 0 Å². The first kappa shape index (κ1) is 20.4. The van der Waals surface area contributed by atoms with Crippen LogP contribution >= 0.6 is 21.6 Å². The number of rotatable bonds is 9. The summed E-state index contributed by atoms with van der Waals surface area (Å²) in [6, 6.07) is 0. The van der Waals surface area contributed by atoms with E-state index in [2.05, 4.69) is 0 Å². The summed E-state index contributed by atoms with van der Waals surface area (Å²) in [5.74, 6) is 17.5. The van der Waals surface area contributed by atoms with Crippen molar-refractivity contribution in [1.29, 1.82) is 0 Å². The van der Waals surface area contributed by atoms with Crippen LogP contribution in [0.3, 0.4) is 0 Å². The van der Waals surface area contributed by atoms with Gasteiger partial charge in [-0.2, -0.15) is 0 Å². The molecule has 0 saturated heterocycles. The lowest BCUT2D eigenvalue weighted by molar-refractivity contribution is -0.126. The fourth-order valence-electron chi connectivity index (χ4n) is 1.12. The molecule has 22 heavy (non-hydrogen) atoms. The van der Waals surface area contributed by atoms with Crippen LogP contribution in [0.2, 0.25) is 0 Å². The van der Waals surface area contributed by atoms with Crippen molar-refractivity contribution in [3.05, 3.63) is 0 Å². The van der Waals surface area contributed by atoms with Gasteiger partial charge in [0.2, 0.25) is 23.6 Å². The maximum atomic E-state index is 11.6. The molecule has 12 nitrogen and oxygen atoms in total. The zero-order chi connectivity index (χ0) is 17.1. The highest BCUT2D eigenvalue weighted by atomic mass is 33.1. The molecule has 0 fully saturated rings. The van der Waals surface area contributed by atoms with Gasteiger partial charge in [0, 0.05) is 12.8 Å². The van der Waals surface area contributed by atoms with Crippen molar-refractivity contribution >= 4 is 45.2 Å². The molecule has 14 heteroatoms. The van der Waals surface area contributed by atoms with Crippen molar-refractivity contribution in [2.75, 3.05) is 0 Å². The minimum absolute atomic E-state index is 0.267. The summed E-state index contributed by atoms with van der Waals surface area (Å²) in [6.45, 7) is 0. The number of hydrazine groups is 4. The Hall–Kier alpha value is -1.58. The van der Waals surface area contributed by atoms with E-state index in [4.69, 9.17) is 23.4 Å². The van der Waals surface area contributed by atoms with Crippen LogP contribution in [-0.2, 0) is 19.2 Å². The Balaban J connectivity index is 4.79. The topological polar surface area (TPSA) is 220 Å². The molecule has 0 aromatic rings. The molecule has 0 saturated carbocycles. The van der Waals surface area contributed by atoms with Gasteiger partial charge >= 0.3 is 0 Å². The molecular weight excluding hydrogens is 336 g/mol. The van der Waals surface area contributed by atoms with Crippen LogP contribution in [0.5, 0.6) is 0 Å². The Morgan fingerprint density at radius 3 is 1.23 bits per heavy atom. The van der Waals surface area contributed by atoms with Gasteiger partial charge in [-0.25, -0.2) is 23.4 Å². The highest BCUT2D eigenvalue weighted by molar-refractivity contribution is 8.77. The fourth-order valence-corrected chi connectivity index (χ4v) is 3.87. The van der Waals surface area contributed by atoms with Crippen LogP contribution in [-0.4, -0.2) is 34.1 Å². The van der Waals surface area contributed by atoms with E-state index in [1.807, 2.05) is 21.7 Å². The van der Waals surface area contributed by atoms with Crippen molar-refractivity contribution in [2.24, 2.45) is 23.4 Å². The van der Waals surface area contributed by atoms with E-state index in [0.717, 1.165) is 21.6 Å². The second-order valence-electron chi connectivity index (χ2n) is 3.73. The van der Waals surface area contributed by atoms with Gasteiger partial charge in [-0.1, -0.05) is 21.6 Å². The Morgan fingerprint density at radius 1 is 0.682 bits per heavy atom. The number of hydrogen-bond donors (Lipinski definition) is 8. The summed E-state index contributed by atoms with van der Waals surface area (Å²) >= 11 is 0.